The lowest BCUT2D eigenvalue weighted by Crippen LogP contribution is -2.48. The van der Waals surface area contributed by atoms with E-state index in [4.69, 9.17) is 33.7 Å². The van der Waals surface area contributed by atoms with Crippen LogP contribution in [0.15, 0.2) is 84.0 Å². The number of anilines is 2. The van der Waals surface area contributed by atoms with Gasteiger partial charge in [-0.05, 0) is 36.4 Å². The van der Waals surface area contributed by atoms with E-state index in [0.717, 1.165) is 11.4 Å². The largest absolute Gasteiger partial charge is 0.242 e. The Hall–Kier alpha value is -2.69. The van der Waals surface area contributed by atoms with E-state index in [-0.39, 0.29) is 0 Å². The van der Waals surface area contributed by atoms with Gasteiger partial charge < -0.3 is 0 Å². The second-order valence-electron chi connectivity index (χ2n) is 5.73. The van der Waals surface area contributed by atoms with Crippen LogP contribution in [0.5, 0.6) is 0 Å². The van der Waals surface area contributed by atoms with E-state index in [1.165, 1.54) is 0 Å². The van der Waals surface area contributed by atoms with Gasteiger partial charge in [-0.2, -0.15) is 0 Å². The summed E-state index contributed by atoms with van der Waals surface area (Å²) in [6, 6.07) is 25.3. The third-order valence-electron chi connectivity index (χ3n) is 3.99. The van der Waals surface area contributed by atoms with Crippen LogP contribution in [-0.4, -0.2) is 12.5 Å². The number of nitrogens with zero attached hydrogens (tertiary/aromatic N) is 4. The number of para-hydroxylation sites is 2. The number of benzene rings is 3. The molecule has 0 spiro atoms. The molecule has 1 heterocycles. The second-order valence-corrected chi connectivity index (χ2v) is 6.55. The molecule has 0 saturated heterocycles. The Bertz CT molecular complexity index is 909. The van der Waals surface area contributed by atoms with E-state index >= 15 is 0 Å². The van der Waals surface area contributed by atoms with Gasteiger partial charge in [-0.3, -0.25) is 0 Å². The molecule has 1 radical (unpaired) electrons. The molecule has 0 atom stereocenters. The lowest BCUT2D eigenvalue weighted by atomic mass is 10.2. The molecule has 0 bridgehead atoms. The summed E-state index contributed by atoms with van der Waals surface area (Å²) in [5.41, 5.74) is 7.24. The molecular formula is C20H15Cl2N4. The quantitative estimate of drug-likeness (QED) is 0.627. The molecule has 6 heteroatoms. The monoisotopic (exact) mass is 381 g/mol. The van der Waals surface area contributed by atoms with Crippen molar-refractivity contribution < 1.29 is 0 Å². The van der Waals surface area contributed by atoms with E-state index < -0.39 is 0 Å². The van der Waals surface area contributed by atoms with Crippen LogP contribution in [0.4, 0.5) is 11.4 Å². The van der Waals surface area contributed by atoms with Gasteiger partial charge in [-0.15, -0.1) is 10.5 Å². The van der Waals surface area contributed by atoms with E-state index in [1.54, 1.807) is 12.1 Å². The topological polar surface area (TPSA) is 32.9 Å². The average molecular weight is 382 g/mol. The number of hydrogen-bond acceptors (Lipinski definition) is 3. The van der Waals surface area contributed by atoms with E-state index in [1.807, 2.05) is 76.7 Å². The van der Waals surface area contributed by atoms with Crippen LogP contribution in [0.1, 0.15) is 5.56 Å². The zero-order valence-corrected chi connectivity index (χ0v) is 15.3. The van der Waals surface area contributed by atoms with Gasteiger partial charge in [0.2, 0.25) is 5.84 Å². The van der Waals surface area contributed by atoms with Crippen LogP contribution in [0, 0.1) is 0 Å². The summed E-state index contributed by atoms with van der Waals surface area (Å²) in [5.74, 6) is 0.472. The van der Waals surface area contributed by atoms with Crippen molar-refractivity contribution in [2.75, 3.05) is 16.7 Å². The molecule has 0 N–H and O–H groups in total. The van der Waals surface area contributed by atoms with Crippen molar-refractivity contribution in [3.63, 3.8) is 0 Å². The summed E-state index contributed by atoms with van der Waals surface area (Å²) in [6.07, 6.45) is 0. The minimum atomic E-state index is 0.472. The zero-order chi connectivity index (χ0) is 17.9. The first-order valence-electron chi connectivity index (χ1n) is 8.12. The predicted octanol–water partition coefficient (Wildman–Crippen LogP) is 5.16. The molecule has 3 aromatic rings. The molecule has 1 aliphatic rings. The molecule has 0 unspecified atom stereocenters. The average Bonchev–Trinajstić information content (AvgIpc) is 2.69. The first-order valence-corrected chi connectivity index (χ1v) is 8.88. The molecule has 4 rings (SSSR count). The van der Waals surface area contributed by atoms with Gasteiger partial charge >= 0.3 is 0 Å². The lowest BCUT2D eigenvalue weighted by molar-refractivity contribution is 0.671. The molecular weight excluding hydrogens is 367 g/mol. The summed E-state index contributed by atoms with van der Waals surface area (Å²) in [6.45, 7) is 0.486. The summed E-state index contributed by atoms with van der Waals surface area (Å²) in [4.78, 5) is 0. The Balaban J connectivity index is 1.79. The van der Waals surface area contributed by atoms with Gasteiger partial charge in [-0.25, -0.2) is 10.0 Å². The van der Waals surface area contributed by atoms with E-state index in [2.05, 4.69) is 0 Å². The van der Waals surface area contributed by atoms with Crippen molar-refractivity contribution in [2.24, 2.45) is 5.10 Å². The highest BCUT2D eigenvalue weighted by Gasteiger charge is 2.26. The molecule has 4 nitrogen and oxygen atoms in total. The molecule has 0 aliphatic carbocycles. The third kappa shape index (κ3) is 3.34. The zero-order valence-electron chi connectivity index (χ0n) is 13.8. The van der Waals surface area contributed by atoms with Crippen LogP contribution in [0.3, 0.4) is 0 Å². The second kappa shape index (κ2) is 7.28. The Labute approximate surface area is 162 Å². The standard InChI is InChI=1S/C20H15Cl2N4/c21-17-12-7-13-18(22)19(17)20-23-25(15-8-3-1-4-9-15)14-26(24-20)16-10-5-2-6-11-16/h1-13H,14H2. The Morgan fingerprint density at radius 2 is 1.19 bits per heavy atom. The van der Waals surface area contributed by atoms with E-state index in [0.29, 0.717) is 28.1 Å². The highest BCUT2D eigenvalue weighted by atomic mass is 35.5. The minimum Gasteiger partial charge on any atom is -0.242 e. The maximum Gasteiger partial charge on any atom is 0.202 e. The fourth-order valence-electron chi connectivity index (χ4n) is 2.73. The highest BCUT2D eigenvalue weighted by Crippen LogP contribution is 2.28. The van der Waals surface area contributed by atoms with Crippen molar-refractivity contribution in [3.8, 4) is 0 Å². The van der Waals surface area contributed by atoms with Crippen LogP contribution in [0.2, 0.25) is 10.0 Å². The Morgan fingerprint density at radius 3 is 1.77 bits per heavy atom. The SMILES string of the molecule is Clc1cccc(Cl)c1C1=NN(c2ccccc2)CN(c2ccccc2)[N]1. The summed E-state index contributed by atoms with van der Waals surface area (Å²) >= 11 is 12.8. The number of amidine groups is 1. The van der Waals surface area contributed by atoms with Crippen molar-refractivity contribution >= 4 is 40.4 Å². The number of rotatable bonds is 3. The van der Waals surface area contributed by atoms with Gasteiger partial charge in [0.25, 0.3) is 0 Å². The van der Waals surface area contributed by atoms with Gasteiger partial charge in [0.1, 0.15) is 6.67 Å². The fourth-order valence-corrected chi connectivity index (χ4v) is 3.30. The summed E-state index contributed by atoms with van der Waals surface area (Å²) in [5, 5.41) is 9.49. The smallest absolute Gasteiger partial charge is 0.202 e. The van der Waals surface area contributed by atoms with Crippen molar-refractivity contribution in [2.45, 2.75) is 0 Å². The highest BCUT2D eigenvalue weighted by molar-refractivity contribution is 6.40. The van der Waals surface area contributed by atoms with Crippen LogP contribution < -0.4 is 15.4 Å². The molecule has 0 aromatic heterocycles. The summed E-state index contributed by atoms with van der Waals surface area (Å²) in [7, 11) is 0. The first kappa shape index (κ1) is 16.8. The third-order valence-corrected chi connectivity index (χ3v) is 4.62. The minimum absolute atomic E-state index is 0.472. The molecule has 26 heavy (non-hydrogen) atoms. The molecule has 0 fully saturated rings. The Kier molecular flexibility index (Phi) is 4.69. The maximum absolute atomic E-state index is 6.39. The fraction of sp³-hybridized carbons (Fsp3) is 0.0500. The van der Waals surface area contributed by atoms with Gasteiger partial charge in [0.15, 0.2) is 0 Å². The molecule has 0 amide bonds. The predicted molar refractivity (Wildman–Crippen MR) is 108 cm³/mol. The number of hydrogen-bond donors (Lipinski definition) is 0. The summed E-state index contributed by atoms with van der Waals surface area (Å²) < 4.78 is 0. The molecule has 3 aromatic carbocycles. The van der Waals surface area contributed by atoms with Crippen molar-refractivity contribution in [1.29, 1.82) is 0 Å². The number of hydrazone groups is 1. The van der Waals surface area contributed by atoms with Crippen LogP contribution >= 0.6 is 23.2 Å². The van der Waals surface area contributed by atoms with Crippen molar-refractivity contribution in [3.05, 3.63) is 94.5 Å². The van der Waals surface area contributed by atoms with E-state index in [9.17, 15) is 0 Å². The maximum atomic E-state index is 6.39. The molecule has 129 valence electrons. The van der Waals surface area contributed by atoms with Crippen LogP contribution in [0.25, 0.3) is 0 Å². The van der Waals surface area contributed by atoms with Crippen molar-refractivity contribution in [1.82, 2.24) is 5.43 Å². The number of halogens is 2. The van der Waals surface area contributed by atoms with Gasteiger partial charge in [0, 0.05) is 0 Å². The lowest BCUT2D eigenvalue weighted by Gasteiger charge is -2.34. The normalized spacial score (nSPS) is 14.0. The van der Waals surface area contributed by atoms with Gasteiger partial charge in [-0.1, -0.05) is 65.7 Å². The van der Waals surface area contributed by atoms with Gasteiger partial charge in [0.05, 0.1) is 27.0 Å². The molecule has 0 saturated carbocycles. The van der Waals surface area contributed by atoms with Crippen LogP contribution in [-0.2, 0) is 0 Å². The Morgan fingerprint density at radius 1 is 0.654 bits per heavy atom. The molecule has 1 aliphatic heterocycles. The first-order chi connectivity index (χ1) is 12.7.